The van der Waals surface area contributed by atoms with Gasteiger partial charge in [-0.05, 0) is 31.5 Å². The molecule has 1 amide bonds. The Bertz CT molecular complexity index is 406. The van der Waals surface area contributed by atoms with Crippen LogP contribution in [0.4, 0.5) is 10.1 Å². The van der Waals surface area contributed by atoms with Crippen molar-refractivity contribution in [1.29, 1.82) is 0 Å². The van der Waals surface area contributed by atoms with E-state index in [1.807, 2.05) is 0 Å². The van der Waals surface area contributed by atoms with E-state index in [0.717, 1.165) is 19.4 Å². The predicted molar refractivity (Wildman–Crippen MR) is 67.6 cm³/mol. The molecule has 0 bridgehead atoms. The van der Waals surface area contributed by atoms with Gasteiger partial charge >= 0.3 is 0 Å². The maximum Gasteiger partial charge on any atom is 0.241 e. The number of anilines is 1. The molecule has 0 aromatic heterocycles. The van der Waals surface area contributed by atoms with Crippen LogP contribution >= 0.6 is 0 Å². The molecular formula is C13H17FN2O2. The molecule has 4 nitrogen and oxygen atoms in total. The highest BCUT2D eigenvalue weighted by Gasteiger charge is 2.21. The Balaban J connectivity index is 1.93. The van der Waals surface area contributed by atoms with Crippen molar-refractivity contribution >= 4 is 11.6 Å². The quantitative estimate of drug-likeness (QED) is 0.839. The van der Waals surface area contributed by atoms with Crippen LogP contribution in [0.1, 0.15) is 12.8 Å². The Morgan fingerprint density at radius 2 is 2.44 bits per heavy atom. The van der Waals surface area contributed by atoms with Crippen molar-refractivity contribution in [3.63, 3.8) is 0 Å². The Morgan fingerprint density at radius 3 is 3.17 bits per heavy atom. The third-order valence-electron chi connectivity index (χ3n) is 2.82. The lowest BCUT2D eigenvalue weighted by molar-refractivity contribution is -0.117. The zero-order chi connectivity index (χ0) is 12.8. The largest absolute Gasteiger partial charge is 0.491 e. The number of rotatable bonds is 5. The molecule has 98 valence electrons. The average Bonchev–Trinajstić information content (AvgIpc) is 2.91. The van der Waals surface area contributed by atoms with Gasteiger partial charge in [-0.1, -0.05) is 6.07 Å². The summed E-state index contributed by atoms with van der Waals surface area (Å²) in [5.41, 5.74) is 0.671. The minimum absolute atomic E-state index is 0.0293. The lowest BCUT2D eigenvalue weighted by Crippen LogP contribution is -2.35. The standard InChI is InChI=1S/C13H17FN2O2/c14-6-8-18-11-4-1-3-10(9-11)16-13(17)12-5-2-7-15-12/h1,3-4,9,12,15H,2,5-8H2,(H,16,17). The third-order valence-corrected chi connectivity index (χ3v) is 2.82. The van der Waals surface area contributed by atoms with E-state index >= 15 is 0 Å². The van der Waals surface area contributed by atoms with E-state index in [1.54, 1.807) is 24.3 Å². The molecule has 1 saturated heterocycles. The lowest BCUT2D eigenvalue weighted by Gasteiger charge is -2.12. The van der Waals surface area contributed by atoms with Crippen molar-refractivity contribution in [2.24, 2.45) is 0 Å². The van der Waals surface area contributed by atoms with E-state index in [1.165, 1.54) is 0 Å². The van der Waals surface area contributed by atoms with Crippen molar-refractivity contribution in [2.45, 2.75) is 18.9 Å². The van der Waals surface area contributed by atoms with Crippen LogP contribution < -0.4 is 15.4 Å². The summed E-state index contributed by atoms with van der Waals surface area (Å²) >= 11 is 0. The number of alkyl halides is 1. The summed E-state index contributed by atoms with van der Waals surface area (Å²) in [5.74, 6) is 0.528. The minimum atomic E-state index is -0.525. The molecule has 1 fully saturated rings. The summed E-state index contributed by atoms with van der Waals surface area (Å²) < 4.78 is 17.2. The molecule has 1 aliphatic rings. The summed E-state index contributed by atoms with van der Waals surface area (Å²) in [6, 6.07) is 6.88. The van der Waals surface area contributed by atoms with Crippen LogP contribution in [0.25, 0.3) is 0 Å². The minimum Gasteiger partial charge on any atom is -0.491 e. The van der Waals surface area contributed by atoms with E-state index in [2.05, 4.69) is 10.6 Å². The summed E-state index contributed by atoms with van der Waals surface area (Å²) in [6.45, 7) is 0.391. The summed E-state index contributed by atoms with van der Waals surface area (Å²) in [5, 5.41) is 5.96. The van der Waals surface area contributed by atoms with Gasteiger partial charge in [-0.2, -0.15) is 0 Å². The zero-order valence-corrected chi connectivity index (χ0v) is 10.1. The van der Waals surface area contributed by atoms with Gasteiger partial charge in [0.2, 0.25) is 5.91 Å². The van der Waals surface area contributed by atoms with E-state index < -0.39 is 6.67 Å². The van der Waals surface area contributed by atoms with Crippen molar-refractivity contribution in [1.82, 2.24) is 5.32 Å². The molecular weight excluding hydrogens is 235 g/mol. The first-order valence-corrected chi connectivity index (χ1v) is 6.12. The number of hydrogen-bond acceptors (Lipinski definition) is 3. The highest BCUT2D eigenvalue weighted by atomic mass is 19.1. The first-order valence-electron chi connectivity index (χ1n) is 6.12. The van der Waals surface area contributed by atoms with Crippen LogP contribution in [-0.2, 0) is 4.79 Å². The van der Waals surface area contributed by atoms with Crippen LogP contribution in [-0.4, -0.2) is 31.8 Å². The number of amides is 1. The Morgan fingerprint density at radius 1 is 1.56 bits per heavy atom. The van der Waals surface area contributed by atoms with Crippen LogP contribution in [0.3, 0.4) is 0 Å². The fourth-order valence-corrected chi connectivity index (χ4v) is 1.96. The first-order chi connectivity index (χ1) is 8.79. The third kappa shape index (κ3) is 3.43. The smallest absolute Gasteiger partial charge is 0.241 e. The van der Waals surface area contributed by atoms with Crippen molar-refractivity contribution < 1.29 is 13.9 Å². The van der Waals surface area contributed by atoms with Gasteiger partial charge in [-0.3, -0.25) is 4.79 Å². The Hall–Kier alpha value is -1.62. The maximum absolute atomic E-state index is 12.0. The molecule has 1 aromatic carbocycles. The lowest BCUT2D eigenvalue weighted by atomic mass is 10.2. The van der Waals surface area contributed by atoms with Gasteiger partial charge in [-0.25, -0.2) is 4.39 Å². The van der Waals surface area contributed by atoms with E-state index in [9.17, 15) is 9.18 Å². The molecule has 2 N–H and O–H groups in total. The van der Waals surface area contributed by atoms with Gasteiger partial charge in [0, 0.05) is 11.8 Å². The molecule has 0 aliphatic carbocycles. The second-order valence-corrected chi connectivity index (χ2v) is 4.20. The number of hydrogen-bond donors (Lipinski definition) is 2. The van der Waals surface area contributed by atoms with Gasteiger partial charge in [-0.15, -0.1) is 0 Å². The molecule has 0 saturated carbocycles. The van der Waals surface area contributed by atoms with E-state index in [-0.39, 0.29) is 18.6 Å². The number of carbonyl (C=O) groups is 1. The second-order valence-electron chi connectivity index (χ2n) is 4.20. The van der Waals surface area contributed by atoms with Gasteiger partial charge in [0.05, 0.1) is 6.04 Å². The molecule has 1 atom stereocenters. The molecule has 18 heavy (non-hydrogen) atoms. The van der Waals surface area contributed by atoms with Crippen LogP contribution in [0, 0.1) is 0 Å². The van der Waals surface area contributed by atoms with Crippen LogP contribution in [0.5, 0.6) is 5.75 Å². The van der Waals surface area contributed by atoms with Gasteiger partial charge in [0.1, 0.15) is 19.0 Å². The molecule has 1 heterocycles. The fraction of sp³-hybridized carbons (Fsp3) is 0.462. The summed E-state index contributed by atoms with van der Waals surface area (Å²) in [6.07, 6.45) is 1.89. The number of halogens is 1. The van der Waals surface area contributed by atoms with Crippen LogP contribution in [0.2, 0.25) is 0 Å². The van der Waals surface area contributed by atoms with Crippen molar-refractivity contribution in [3.8, 4) is 5.75 Å². The number of ether oxygens (including phenoxy) is 1. The molecule has 0 radical (unpaired) electrons. The average molecular weight is 252 g/mol. The highest BCUT2D eigenvalue weighted by molar-refractivity contribution is 5.95. The molecule has 2 rings (SSSR count). The molecule has 5 heteroatoms. The van der Waals surface area contributed by atoms with Crippen molar-refractivity contribution in [2.75, 3.05) is 25.1 Å². The normalized spacial score (nSPS) is 18.6. The number of benzene rings is 1. The molecule has 1 unspecified atom stereocenters. The SMILES string of the molecule is O=C(Nc1cccc(OCCF)c1)C1CCCN1. The summed E-state index contributed by atoms with van der Waals surface area (Å²) in [7, 11) is 0. The van der Waals surface area contributed by atoms with E-state index in [4.69, 9.17) is 4.74 Å². The number of carbonyl (C=O) groups excluding carboxylic acids is 1. The van der Waals surface area contributed by atoms with Crippen molar-refractivity contribution in [3.05, 3.63) is 24.3 Å². The fourth-order valence-electron chi connectivity index (χ4n) is 1.96. The summed E-state index contributed by atoms with van der Waals surface area (Å²) in [4.78, 5) is 11.9. The maximum atomic E-state index is 12.0. The van der Waals surface area contributed by atoms with Gasteiger partial charge in [0.15, 0.2) is 0 Å². The molecule has 1 aliphatic heterocycles. The Labute approximate surface area is 106 Å². The monoisotopic (exact) mass is 252 g/mol. The van der Waals surface area contributed by atoms with Gasteiger partial charge < -0.3 is 15.4 Å². The predicted octanol–water partition coefficient (Wildman–Crippen LogP) is 1.73. The highest BCUT2D eigenvalue weighted by Crippen LogP contribution is 2.18. The Kier molecular flexibility index (Phi) is 4.52. The second kappa shape index (κ2) is 6.35. The first kappa shape index (κ1) is 12.8. The molecule has 1 aromatic rings. The zero-order valence-electron chi connectivity index (χ0n) is 10.1. The van der Waals surface area contributed by atoms with Gasteiger partial charge in [0.25, 0.3) is 0 Å². The van der Waals surface area contributed by atoms with Crippen LogP contribution in [0.15, 0.2) is 24.3 Å². The number of nitrogens with one attached hydrogen (secondary N) is 2. The molecule has 0 spiro atoms. The van der Waals surface area contributed by atoms with E-state index in [0.29, 0.717) is 11.4 Å². The topological polar surface area (TPSA) is 50.4 Å².